The molecular weight excluding hydrogens is 170 g/mol. The SMILES string of the molecule is C=CCCCNC1CCCCC1(C)C. The van der Waals surface area contributed by atoms with Crippen LogP contribution in [0.4, 0.5) is 0 Å². The lowest BCUT2D eigenvalue weighted by atomic mass is 9.73. The molecule has 1 heteroatoms. The molecule has 1 saturated carbocycles. The van der Waals surface area contributed by atoms with E-state index in [2.05, 4.69) is 25.7 Å². The zero-order valence-corrected chi connectivity index (χ0v) is 9.81. The minimum Gasteiger partial charge on any atom is -0.313 e. The second kappa shape index (κ2) is 5.55. The molecule has 0 spiro atoms. The summed E-state index contributed by atoms with van der Waals surface area (Å²) in [6, 6.07) is 0.737. The molecule has 1 rings (SSSR count). The molecule has 0 aromatic rings. The van der Waals surface area contributed by atoms with Crippen LogP contribution in [0.5, 0.6) is 0 Å². The van der Waals surface area contributed by atoms with Crippen molar-refractivity contribution < 1.29 is 0 Å². The van der Waals surface area contributed by atoms with Crippen LogP contribution in [0, 0.1) is 5.41 Å². The van der Waals surface area contributed by atoms with Crippen LogP contribution in [0.1, 0.15) is 52.4 Å². The number of rotatable bonds is 5. The number of allylic oxidation sites excluding steroid dienone is 1. The molecule has 0 radical (unpaired) electrons. The van der Waals surface area contributed by atoms with Gasteiger partial charge in [0.15, 0.2) is 0 Å². The molecule has 0 aromatic heterocycles. The maximum Gasteiger partial charge on any atom is 0.0118 e. The first kappa shape index (κ1) is 11.8. The van der Waals surface area contributed by atoms with Crippen molar-refractivity contribution in [3.8, 4) is 0 Å². The fourth-order valence-electron chi connectivity index (χ4n) is 2.40. The zero-order chi connectivity index (χ0) is 10.4. The van der Waals surface area contributed by atoms with Gasteiger partial charge >= 0.3 is 0 Å². The number of nitrogens with one attached hydrogen (secondary N) is 1. The van der Waals surface area contributed by atoms with Gasteiger partial charge in [-0.3, -0.25) is 0 Å². The van der Waals surface area contributed by atoms with Gasteiger partial charge in [-0.15, -0.1) is 6.58 Å². The molecular formula is C13H25N. The van der Waals surface area contributed by atoms with Gasteiger partial charge in [-0.1, -0.05) is 32.8 Å². The van der Waals surface area contributed by atoms with E-state index in [4.69, 9.17) is 0 Å². The molecule has 1 aliphatic rings. The zero-order valence-electron chi connectivity index (χ0n) is 9.81. The number of unbranched alkanes of at least 4 members (excludes halogenated alkanes) is 1. The highest BCUT2D eigenvalue weighted by atomic mass is 14.9. The van der Waals surface area contributed by atoms with E-state index in [9.17, 15) is 0 Å². The number of hydrogen-bond acceptors (Lipinski definition) is 1. The van der Waals surface area contributed by atoms with Gasteiger partial charge in [0.25, 0.3) is 0 Å². The van der Waals surface area contributed by atoms with E-state index in [1.807, 2.05) is 6.08 Å². The summed E-state index contributed by atoms with van der Waals surface area (Å²) in [5.41, 5.74) is 0.506. The second-order valence-corrected chi connectivity index (χ2v) is 5.17. The highest BCUT2D eigenvalue weighted by Gasteiger charge is 2.31. The van der Waals surface area contributed by atoms with Crippen LogP contribution in [-0.4, -0.2) is 12.6 Å². The molecule has 1 unspecified atom stereocenters. The van der Waals surface area contributed by atoms with Gasteiger partial charge < -0.3 is 5.32 Å². The first-order valence-electron chi connectivity index (χ1n) is 6.01. The van der Waals surface area contributed by atoms with Crippen molar-refractivity contribution in [3.63, 3.8) is 0 Å². The van der Waals surface area contributed by atoms with Gasteiger partial charge in [0.05, 0.1) is 0 Å². The van der Waals surface area contributed by atoms with Crippen molar-refractivity contribution in [2.45, 2.75) is 58.4 Å². The van der Waals surface area contributed by atoms with Crippen LogP contribution in [0.3, 0.4) is 0 Å². The fourth-order valence-corrected chi connectivity index (χ4v) is 2.40. The van der Waals surface area contributed by atoms with Gasteiger partial charge in [0.1, 0.15) is 0 Å². The van der Waals surface area contributed by atoms with Crippen molar-refractivity contribution in [3.05, 3.63) is 12.7 Å². The van der Waals surface area contributed by atoms with Gasteiger partial charge in [0.2, 0.25) is 0 Å². The third kappa shape index (κ3) is 3.45. The lowest BCUT2D eigenvalue weighted by Crippen LogP contribution is -2.44. The average Bonchev–Trinajstić information content (AvgIpc) is 2.14. The standard InChI is InChI=1S/C13H25N/c1-4-5-8-11-14-12-9-6-7-10-13(12,2)3/h4,12,14H,1,5-11H2,2-3H3. The Morgan fingerprint density at radius 3 is 2.86 bits per heavy atom. The predicted octanol–water partition coefficient (Wildman–Crippen LogP) is 3.51. The quantitative estimate of drug-likeness (QED) is 0.523. The largest absolute Gasteiger partial charge is 0.313 e. The Morgan fingerprint density at radius 2 is 2.21 bits per heavy atom. The van der Waals surface area contributed by atoms with E-state index < -0.39 is 0 Å². The summed E-state index contributed by atoms with van der Waals surface area (Å²) in [5, 5.41) is 3.70. The van der Waals surface area contributed by atoms with Crippen molar-refractivity contribution in [1.29, 1.82) is 0 Å². The van der Waals surface area contributed by atoms with E-state index >= 15 is 0 Å². The highest BCUT2D eigenvalue weighted by molar-refractivity contribution is 4.87. The van der Waals surface area contributed by atoms with Crippen molar-refractivity contribution in [2.75, 3.05) is 6.54 Å². The van der Waals surface area contributed by atoms with E-state index in [1.165, 1.54) is 32.1 Å². The summed E-state index contributed by atoms with van der Waals surface area (Å²) in [5.74, 6) is 0. The monoisotopic (exact) mass is 195 g/mol. The molecule has 1 N–H and O–H groups in total. The lowest BCUT2D eigenvalue weighted by molar-refractivity contribution is 0.168. The predicted molar refractivity (Wildman–Crippen MR) is 63.5 cm³/mol. The first-order valence-corrected chi connectivity index (χ1v) is 6.01. The highest BCUT2D eigenvalue weighted by Crippen LogP contribution is 2.35. The molecule has 1 nitrogen and oxygen atoms in total. The summed E-state index contributed by atoms with van der Waals surface area (Å²) >= 11 is 0. The van der Waals surface area contributed by atoms with Gasteiger partial charge in [-0.2, -0.15) is 0 Å². The molecule has 14 heavy (non-hydrogen) atoms. The Balaban J connectivity index is 2.23. The summed E-state index contributed by atoms with van der Waals surface area (Å²) < 4.78 is 0. The van der Waals surface area contributed by atoms with Crippen LogP contribution in [0.15, 0.2) is 12.7 Å². The van der Waals surface area contributed by atoms with Crippen LogP contribution >= 0.6 is 0 Å². The van der Waals surface area contributed by atoms with Crippen LogP contribution in [0.25, 0.3) is 0 Å². The summed E-state index contributed by atoms with van der Waals surface area (Å²) in [6.45, 7) is 9.70. The maximum absolute atomic E-state index is 3.75. The lowest BCUT2D eigenvalue weighted by Gasteiger charge is -2.39. The second-order valence-electron chi connectivity index (χ2n) is 5.17. The molecule has 0 saturated heterocycles. The Labute approximate surface area is 89.0 Å². The molecule has 0 bridgehead atoms. The van der Waals surface area contributed by atoms with Crippen LogP contribution < -0.4 is 5.32 Å². The topological polar surface area (TPSA) is 12.0 Å². The number of hydrogen-bond donors (Lipinski definition) is 1. The van der Waals surface area contributed by atoms with Crippen molar-refractivity contribution in [2.24, 2.45) is 5.41 Å². The summed E-state index contributed by atoms with van der Waals surface area (Å²) in [4.78, 5) is 0. The maximum atomic E-state index is 3.75. The molecule has 0 aromatic carbocycles. The first-order chi connectivity index (χ1) is 6.67. The molecule has 82 valence electrons. The molecule has 0 amide bonds. The normalized spacial score (nSPS) is 26.0. The minimum absolute atomic E-state index is 0.506. The molecule has 0 aliphatic heterocycles. The van der Waals surface area contributed by atoms with E-state index in [0.29, 0.717) is 5.41 Å². The van der Waals surface area contributed by atoms with E-state index in [1.54, 1.807) is 0 Å². The molecule has 0 heterocycles. The van der Waals surface area contributed by atoms with Gasteiger partial charge in [-0.25, -0.2) is 0 Å². The Kier molecular flexibility index (Phi) is 4.67. The summed E-state index contributed by atoms with van der Waals surface area (Å²) in [6.07, 6.45) is 9.94. The third-order valence-corrected chi connectivity index (χ3v) is 3.48. The third-order valence-electron chi connectivity index (χ3n) is 3.48. The molecule has 1 aliphatic carbocycles. The fraction of sp³-hybridized carbons (Fsp3) is 0.846. The van der Waals surface area contributed by atoms with Crippen LogP contribution in [0.2, 0.25) is 0 Å². The van der Waals surface area contributed by atoms with Gasteiger partial charge in [0, 0.05) is 6.04 Å². The van der Waals surface area contributed by atoms with Crippen LogP contribution in [-0.2, 0) is 0 Å². The van der Waals surface area contributed by atoms with E-state index in [0.717, 1.165) is 19.0 Å². The minimum atomic E-state index is 0.506. The van der Waals surface area contributed by atoms with Crippen molar-refractivity contribution >= 4 is 0 Å². The smallest absolute Gasteiger partial charge is 0.0118 e. The average molecular weight is 195 g/mol. The Hall–Kier alpha value is -0.300. The molecule has 1 atom stereocenters. The Bertz CT molecular complexity index is 172. The van der Waals surface area contributed by atoms with Gasteiger partial charge in [-0.05, 0) is 37.6 Å². The molecule has 1 fully saturated rings. The van der Waals surface area contributed by atoms with Crippen molar-refractivity contribution in [1.82, 2.24) is 5.32 Å². The Morgan fingerprint density at radius 1 is 1.43 bits per heavy atom. The summed E-state index contributed by atoms with van der Waals surface area (Å²) in [7, 11) is 0. The van der Waals surface area contributed by atoms with E-state index in [-0.39, 0.29) is 0 Å².